The van der Waals surface area contributed by atoms with E-state index in [2.05, 4.69) is 10.3 Å². The molecule has 1 N–H and O–H groups in total. The van der Waals surface area contributed by atoms with E-state index < -0.39 is 0 Å². The average molecular weight is 240 g/mol. The van der Waals surface area contributed by atoms with Crippen LogP contribution in [0, 0.1) is 6.92 Å². The summed E-state index contributed by atoms with van der Waals surface area (Å²) in [5.41, 5.74) is 3.08. The molecule has 1 aromatic heterocycles. The first-order chi connectivity index (χ1) is 8.74. The number of amides is 1. The fourth-order valence-corrected chi connectivity index (χ4v) is 1.76. The van der Waals surface area contributed by atoms with Crippen LogP contribution in [0.15, 0.2) is 48.7 Å². The Kier molecular flexibility index (Phi) is 4.07. The lowest BCUT2D eigenvalue weighted by Crippen LogP contribution is -2.24. The molecule has 0 spiro atoms. The normalized spacial score (nSPS) is 10.1. The number of rotatable bonds is 4. The molecule has 1 heterocycles. The Hall–Kier alpha value is -2.16. The third-order valence-corrected chi connectivity index (χ3v) is 2.64. The van der Waals surface area contributed by atoms with Gasteiger partial charge in [-0.1, -0.05) is 35.9 Å². The van der Waals surface area contributed by atoms with Gasteiger partial charge in [0.1, 0.15) is 0 Å². The maximum absolute atomic E-state index is 11.8. The van der Waals surface area contributed by atoms with Crippen molar-refractivity contribution in [1.29, 1.82) is 0 Å². The zero-order valence-corrected chi connectivity index (χ0v) is 10.4. The number of aryl methyl sites for hydroxylation is 1. The van der Waals surface area contributed by atoms with Crippen molar-refractivity contribution in [3.8, 4) is 0 Å². The van der Waals surface area contributed by atoms with Crippen molar-refractivity contribution in [3.63, 3.8) is 0 Å². The van der Waals surface area contributed by atoms with Crippen LogP contribution in [0.5, 0.6) is 0 Å². The number of hydrogen-bond acceptors (Lipinski definition) is 2. The Morgan fingerprint density at radius 3 is 2.83 bits per heavy atom. The summed E-state index contributed by atoms with van der Waals surface area (Å²) in [7, 11) is 0. The van der Waals surface area contributed by atoms with E-state index in [-0.39, 0.29) is 5.91 Å². The lowest BCUT2D eigenvalue weighted by atomic mass is 10.1. The number of nitrogens with one attached hydrogen (secondary N) is 1. The summed E-state index contributed by atoms with van der Waals surface area (Å²) in [6, 6.07) is 13.7. The molecular formula is C15H16N2O. The summed E-state index contributed by atoms with van der Waals surface area (Å²) in [6.07, 6.45) is 2.14. The van der Waals surface area contributed by atoms with Gasteiger partial charge in [0.15, 0.2) is 0 Å². The van der Waals surface area contributed by atoms with Gasteiger partial charge in [-0.05, 0) is 24.6 Å². The van der Waals surface area contributed by atoms with Crippen molar-refractivity contribution in [2.75, 3.05) is 0 Å². The van der Waals surface area contributed by atoms with E-state index in [0.29, 0.717) is 13.0 Å². The fraction of sp³-hybridized carbons (Fsp3) is 0.200. The maximum atomic E-state index is 11.8. The Balaban J connectivity index is 1.86. The fourth-order valence-electron chi connectivity index (χ4n) is 1.76. The van der Waals surface area contributed by atoms with Gasteiger partial charge >= 0.3 is 0 Å². The van der Waals surface area contributed by atoms with E-state index in [1.54, 1.807) is 6.20 Å². The highest BCUT2D eigenvalue weighted by atomic mass is 16.1. The Morgan fingerprint density at radius 1 is 1.22 bits per heavy atom. The first-order valence-electron chi connectivity index (χ1n) is 5.96. The van der Waals surface area contributed by atoms with Crippen LogP contribution in [0.3, 0.4) is 0 Å². The van der Waals surface area contributed by atoms with Crippen molar-refractivity contribution in [2.24, 2.45) is 0 Å². The topological polar surface area (TPSA) is 42.0 Å². The number of aromatic nitrogens is 1. The predicted molar refractivity (Wildman–Crippen MR) is 71.0 cm³/mol. The van der Waals surface area contributed by atoms with Crippen LogP contribution in [-0.4, -0.2) is 10.9 Å². The lowest BCUT2D eigenvalue weighted by molar-refractivity contribution is -0.120. The van der Waals surface area contributed by atoms with Crippen molar-refractivity contribution in [1.82, 2.24) is 10.3 Å². The van der Waals surface area contributed by atoms with Crippen LogP contribution in [0.2, 0.25) is 0 Å². The Morgan fingerprint density at radius 2 is 2.11 bits per heavy atom. The van der Waals surface area contributed by atoms with Crippen LogP contribution in [0.25, 0.3) is 0 Å². The summed E-state index contributed by atoms with van der Waals surface area (Å²) in [4.78, 5) is 15.9. The van der Waals surface area contributed by atoms with E-state index in [9.17, 15) is 4.79 Å². The second-order valence-corrected chi connectivity index (χ2v) is 4.26. The molecule has 0 fully saturated rings. The molecule has 0 saturated heterocycles. The summed E-state index contributed by atoms with van der Waals surface area (Å²) in [6.45, 7) is 2.50. The van der Waals surface area contributed by atoms with Gasteiger partial charge in [-0.25, -0.2) is 0 Å². The third-order valence-electron chi connectivity index (χ3n) is 2.64. The van der Waals surface area contributed by atoms with Crippen LogP contribution in [0.4, 0.5) is 0 Å². The van der Waals surface area contributed by atoms with E-state index >= 15 is 0 Å². The van der Waals surface area contributed by atoms with E-state index in [1.807, 2.05) is 49.4 Å². The minimum absolute atomic E-state index is 0.0197. The minimum atomic E-state index is 0.0197. The summed E-state index contributed by atoms with van der Waals surface area (Å²) >= 11 is 0. The van der Waals surface area contributed by atoms with Gasteiger partial charge in [-0.2, -0.15) is 0 Å². The molecule has 1 amide bonds. The number of hydrogen-bond donors (Lipinski definition) is 1. The van der Waals surface area contributed by atoms with Gasteiger partial charge in [-0.15, -0.1) is 0 Å². The van der Waals surface area contributed by atoms with Crippen molar-refractivity contribution < 1.29 is 4.79 Å². The number of carbonyl (C=O) groups excluding carboxylic acids is 1. The quantitative estimate of drug-likeness (QED) is 0.890. The smallest absolute Gasteiger partial charge is 0.224 e. The summed E-state index contributed by atoms with van der Waals surface area (Å²) in [5.74, 6) is 0.0197. The van der Waals surface area contributed by atoms with Crippen molar-refractivity contribution in [3.05, 3.63) is 65.5 Å². The van der Waals surface area contributed by atoms with Crippen LogP contribution in [-0.2, 0) is 17.8 Å². The molecule has 92 valence electrons. The average Bonchev–Trinajstić information content (AvgIpc) is 2.38. The zero-order valence-electron chi connectivity index (χ0n) is 10.4. The molecule has 0 aliphatic heterocycles. The molecule has 0 radical (unpaired) electrons. The minimum Gasteiger partial charge on any atom is -0.350 e. The van der Waals surface area contributed by atoms with Gasteiger partial charge in [-0.3, -0.25) is 9.78 Å². The molecule has 3 heteroatoms. The summed E-state index contributed by atoms with van der Waals surface area (Å²) < 4.78 is 0. The van der Waals surface area contributed by atoms with Gasteiger partial charge in [0.25, 0.3) is 0 Å². The van der Waals surface area contributed by atoms with Crippen molar-refractivity contribution in [2.45, 2.75) is 19.9 Å². The van der Waals surface area contributed by atoms with Crippen LogP contribution < -0.4 is 5.32 Å². The van der Waals surface area contributed by atoms with Gasteiger partial charge in [0, 0.05) is 6.20 Å². The SMILES string of the molecule is Cc1cccc(CC(=O)NCc2ccccn2)c1. The third kappa shape index (κ3) is 3.70. The molecule has 0 saturated carbocycles. The molecule has 18 heavy (non-hydrogen) atoms. The van der Waals surface area contributed by atoms with Gasteiger partial charge in [0.05, 0.1) is 18.7 Å². The second-order valence-electron chi connectivity index (χ2n) is 4.26. The summed E-state index contributed by atoms with van der Waals surface area (Å²) in [5, 5.41) is 2.87. The maximum Gasteiger partial charge on any atom is 0.224 e. The van der Waals surface area contributed by atoms with Gasteiger partial charge < -0.3 is 5.32 Å². The van der Waals surface area contributed by atoms with E-state index in [4.69, 9.17) is 0 Å². The number of carbonyl (C=O) groups is 1. The first-order valence-corrected chi connectivity index (χ1v) is 5.96. The molecule has 0 aliphatic rings. The Labute approximate surface area is 107 Å². The molecule has 0 unspecified atom stereocenters. The van der Waals surface area contributed by atoms with Crippen molar-refractivity contribution >= 4 is 5.91 Å². The molecule has 0 aliphatic carbocycles. The molecule has 2 rings (SSSR count). The Bertz CT molecular complexity index is 523. The number of pyridine rings is 1. The van der Waals surface area contributed by atoms with Gasteiger partial charge in [0.2, 0.25) is 5.91 Å². The highest BCUT2D eigenvalue weighted by Gasteiger charge is 2.03. The monoisotopic (exact) mass is 240 g/mol. The zero-order chi connectivity index (χ0) is 12.8. The lowest BCUT2D eigenvalue weighted by Gasteiger charge is -2.05. The molecule has 0 atom stereocenters. The molecule has 1 aromatic carbocycles. The second kappa shape index (κ2) is 5.96. The standard InChI is InChI=1S/C15H16N2O/c1-12-5-4-6-13(9-12)10-15(18)17-11-14-7-2-3-8-16-14/h2-9H,10-11H2,1H3,(H,17,18). The van der Waals surface area contributed by atoms with Crippen LogP contribution >= 0.6 is 0 Å². The first kappa shape index (κ1) is 12.3. The molecular weight excluding hydrogens is 224 g/mol. The highest BCUT2D eigenvalue weighted by molar-refractivity contribution is 5.78. The largest absolute Gasteiger partial charge is 0.350 e. The van der Waals surface area contributed by atoms with E-state index in [1.165, 1.54) is 5.56 Å². The molecule has 3 nitrogen and oxygen atoms in total. The van der Waals surface area contributed by atoms with E-state index in [0.717, 1.165) is 11.3 Å². The van der Waals surface area contributed by atoms with Crippen LogP contribution in [0.1, 0.15) is 16.8 Å². The molecule has 2 aromatic rings. The number of benzene rings is 1. The highest BCUT2D eigenvalue weighted by Crippen LogP contribution is 2.04. The number of nitrogens with zero attached hydrogens (tertiary/aromatic N) is 1. The predicted octanol–water partition coefficient (Wildman–Crippen LogP) is 2.25. The molecule has 0 bridgehead atoms.